The molecule has 3 aliphatic rings. The van der Waals surface area contributed by atoms with E-state index in [1.165, 1.54) is 12.4 Å². The molecule has 2 aliphatic heterocycles. The van der Waals surface area contributed by atoms with E-state index in [-0.39, 0.29) is 17.7 Å². The molecule has 1 atom stereocenters. The van der Waals surface area contributed by atoms with Crippen LogP contribution in [-0.4, -0.2) is 80.5 Å². The number of urea groups is 1. The molecule has 192 valence electrons. The minimum Gasteiger partial charge on any atom is -0.378 e. The standard InChI is InChI=1S/C23H27F3N8O2/c1-13-6-22(3-4-22)33(9-13)21(35)29-17-8-28-30-19(17)16-5-18-15(7-27-16)20(32-10-14(11-32)36-2)31-34(18)12-23(24,25)26/h5,7-8,13-14H,3-4,6,9-12H2,1-2H3,(H,28,30)(H,29,35). The number of alkyl halides is 3. The zero-order valence-corrected chi connectivity index (χ0v) is 20.0. The molecule has 1 spiro atoms. The van der Waals surface area contributed by atoms with Crippen LogP contribution in [0.3, 0.4) is 0 Å². The van der Waals surface area contributed by atoms with Crippen molar-refractivity contribution in [1.29, 1.82) is 0 Å². The number of carbonyl (C=O) groups excluding carboxylic acids is 1. The third kappa shape index (κ3) is 3.94. The lowest BCUT2D eigenvalue weighted by molar-refractivity contribution is -0.141. The van der Waals surface area contributed by atoms with Crippen molar-refractivity contribution in [2.75, 3.05) is 37.0 Å². The van der Waals surface area contributed by atoms with Crippen LogP contribution in [0, 0.1) is 5.92 Å². The van der Waals surface area contributed by atoms with Gasteiger partial charge < -0.3 is 19.9 Å². The van der Waals surface area contributed by atoms with E-state index in [0.29, 0.717) is 59.3 Å². The molecule has 0 radical (unpaired) electrons. The summed E-state index contributed by atoms with van der Waals surface area (Å²) >= 11 is 0. The first kappa shape index (κ1) is 23.1. The molecule has 6 rings (SSSR count). The molecule has 3 aromatic rings. The van der Waals surface area contributed by atoms with Crippen LogP contribution in [0.25, 0.3) is 22.3 Å². The van der Waals surface area contributed by atoms with E-state index in [2.05, 4.69) is 32.5 Å². The molecule has 0 aromatic carbocycles. The molecule has 1 aliphatic carbocycles. The van der Waals surface area contributed by atoms with Crippen molar-refractivity contribution in [2.24, 2.45) is 5.92 Å². The van der Waals surface area contributed by atoms with Gasteiger partial charge in [-0.25, -0.2) is 4.79 Å². The number of amides is 2. The number of hydrogen-bond donors (Lipinski definition) is 2. The van der Waals surface area contributed by atoms with Gasteiger partial charge in [-0.1, -0.05) is 6.92 Å². The number of hydrogen-bond acceptors (Lipinski definition) is 6. The maximum Gasteiger partial charge on any atom is 0.408 e. The van der Waals surface area contributed by atoms with Gasteiger partial charge in [-0.05, 0) is 31.2 Å². The molecule has 10 nitrogen and oxygen atoms in total. The van der Waals surface area contributed by atoms with Crippen molar-refractivity contribution in [2.45, 2.75) is 50.6 Å². The van der Waals surface area contributed by atoms with Gasteiger partial charge >= 0.3 is 12.2 Å². The quantitative estimate of drug-likeness (QED) is 0.550. The Morgan fingerprint density at radius 2 is 2.06 bits per heavy atom. The van der Waals surface area contributed by atoms with Gasteiger partial charge in [0.2, 0.25) is 0 Å². The Kier molecular flexibility index (Phi) is 5.18. The SMILES string of the molecule is COC1CN(c2nn(CC(F)(F)F)c3cc(-c4[nH]ncc4NC(=O)N4CC(C)CC45CC5)ncc23)C1. The number of carbonyl (C=O) groups is 1. The first-order chi connectivity index (χ1) is 17.2. The number of fused-ring (bicyclic) bond motifs is 1. The Bertz CT molecular complexity index is 1310. The molecule has 36 heavy (non-hydrogen) atoms. The van der Waals surface area contributed by atoms with Crippen molar-refractivity contribution in [3.8, 4) is 11.4 Å². The van der Waals surface area contributed by atoms with Crippen molar-refractivity contribution < 1.29 is 22.7 Å². The largest absolute Gasteiger partial charge is 0.408 e. The number of rotatable bonds is 5. The van der Waals surface area contributed by atoms with E-state index in [0.717, 1.165) is 23.9 Å². The number of ether oxygens (including phenoxy) is 1. The summed E-state index contributed by atoms with van der Waals surface area (Å²) in [5.41, 5.74) is 1.47. The smallest absolute Gasteiger partial charge is 0.378 e. The fourth-order valence-corrected chi connectivity index (χ4v) is 5.48. The van der Waals surface area contributed by atoms with Gasteiger partial charge in [0.1, 0.15) is 12.2 Å². The summed E-state index contributed by atoms with van der Waals surface area (Å²) in [6.45, 7) is 2.70. The minimum atomic E-state index is -4.44. The van der Waals surface area contributed by atoms with E-state index >= 15 is 0 Å². The fourth-order valence-electron chi connectivity index (χ4n) is 5.48. The van der Waals surface area contributed by atoms with E-state index in [9.17, 15) is 18.0 Å². The van der Waals surface area contributed by atoms with Crippen molar-refractivity contribution in [3.63, 3.8) is 0 Å². The molecule has 1 saturated carbocycles. The highest BCUT2D eigenvalue weighted by molar-refractivity contribution is 5.96. The number of H-pyrrole nitrogens is 1. The average molecular weight is 505 g/mol. The number of pyridine rings is 1. The van der Waals surface area contributed by atoms with Crippen LogP contribution in [0.5, 0.6) is 0 Å². The molecule has 0 bridgehead atoms. The number of likely N-dealkylation sites (tertiary alicyclic amines) is 1. The molecule has 2 N–H and O–H groups in total. The molecule has 3 aromatic heterocycles. The van der Waals surface area contributed by atoms with Gasteiger partial charge in [0, 0.05) is 38.5 Å². The highest BCUT2D eigenvalue weighted by Crippen LogP contribution is 2.51. The van der Waals surface area contributed by atoms with Crippen LogP contribution in [0.2, 0.25) is 0 Å². The van der Waals surface area contributed by atoms with E-state index in [1.807, 2.05) is 9.80 Å². The monoisotopic (exact) mass is 504 g/mol. The first-order valence-electron chi connectivity index (χ1n) is 12.0. The Labute approximate surface area is 204 Å². The van der Waals surface area contributed by atoms with Crippen LogP contribution in [0.4, 0.5) is 29.5 Å². The molecule has 13 heteroatoms. The van der Waals surface area contributed by atoms with Crippen LogP contribution >= 0.6 is 0 Å². The highest BCUT2D eigenvalue weighted by Gasteiger charge is 2.55. The van der Waals surface area contributed by atoms with Crippen molar-refractivity contribution in [3.05, 3.63) is 18.5 Å². The number of anilines is 2. The van der Waals surface area contributed by atoms with Crippen LogP contribution in [0.15, 0.2) is 18.5 Å². The minimum absolute atomic E-state index is 0.0181. The van der Waals surface area contributed by atoms with Crippen molar-refractivity contribution >= 4 is 28.4 Å². The Hall–Kier alpha value is -3.35. The Balaban J connectivity index is 1.31. The molecule has 2 saturated heterocycles. The molecule has 3 fully saturated rings. The lowest BCUT2D eigenvalue weighted by atomic mass is 10.1. The second-order valence-electron chi connectivity index (χ2n) is 10.2. The summed E-state index contributed by atoms with van der Waals surface area (Å²) in [6.07, 6.45) is 1.61. The molecule has 5 heterocycles. The third-order valence-electron chi connectivity index (χ3n) is 7.43. The van der Waals surface area contributed by atoms with Gasteiger partial charge in [0.05, 0.1) is 34.6 Å². The number of methoxy groups -OCH3 is 1. The molecular weight excluding hydrogens is 477 g/mol. The van der Waals surface area contributed by atoms with E-state index in [4.69, 9.17) is 4.74 Å². The van der Waals surface area contributed by atoms with Gasteiger partial charge in [-0.15, -0.1) is 0 Å². The third-order valence-corrected chi connectivity index (χ3v) is 7.43. The summed E-state index contributed by atoms with van der Waals surface area (Å²) in [4.78, 5) is 21.3. The summed E-state index contributed by atoms with van der Waals surface area (Å²) in [7, 11) is 1.60. The van der Waals surface area contributed by atoms with Crippen LogP contribution in [-0.2, 0) is 11.3 Å². The molecular formula is C23H27F3N8O2. The van der Waals surface area contributed by atoms with Crippen LogP contribution < -0.4 is 10.2 Å². The Morgan fingerprint density at radius 3 is 2.75 bits per heavy atom. The second kappa shape index (κ2) is 8.08. The Morgan fingerprint density at radius 1 is 1.28 bits per heavy atom. The maximum atomic E-state index is 13.3. The summed E-state index contributed by atoms with van der Waals surface area (Å²) in [6, 6.07) is 1.35. The predicted molar refractivity (Wildman–Crippen MR) is 126 cm³/mol. The summed E-state index contributed by atoms with van der Waals surface area (Å²) in [5.74, 6) is 0.887. The highest BCUT2D eigenvalue weighted by atomic mass is 19.4. The van der Waals surface area contributed by atoms with E-state index in [1.54, 1.807) is 13.2 Å². The summed E-state index contributed by atoms with van der Waals surface area (Å²) in [5, 5.41) is 14.6. The van der Waals surface area contributed by atoms with E-state index < -0.39 is 12.7 Å². The number of aromatic nitrogens is 5. The second-order valence-corrected chi connectivity index (χ2v) is 10.2. The maximum absolute atomic E-state index is 13.3. The average Bonchev–Trinajstić information content (AvgIpc) is 3.10. The number of nitrogens with one attached hydrogen (secondary N) is 2. The van der Waals surface area contributed by atoms with Gasteiger partial charge in [0.25, 0.3) is 0 Å². The number of nitrogens with zero attached hydrogens (tertiary/aromatic N) is 6. The fraction of sp³-hybridized carbons (Fsp3) is 0.565. The number of halogens is 3. The predicted octanol–water partition coefficient (Wildman–Crippen LogP) is 3.63. The topological polar surface area (TPSA) is 104 Å². The van der Waals surface area contributed by atoms with Gasteiger partial charge in [-0.3, -0.25) is 14.8 Å². The zero-order valence-electron chi connectivity index (χ0n) is 20.0. The zero-order chi connectivity index (χ0) is 25.2. The number of aromatic amines is 1. The van der Waals surface area contributed by atoms with Crippen LogP contribution in [0.1, 0.15) is 26.2 Å². The van der Waals surface area contributed by atoms with Crippen molar-refractivity contribution in [1.82, 2.24) is 29.9 Å². The van der Waals surface area contributed by atoms with Gasteiger partial charge in [0.15, 0.2) is 5.82 Å². The normalized spacial score (nSPS) is 21.4. The first-order valence-corrected chi connectivity index (χ1v) is 12.0. The lowest BCUT2D eigenvalue weighted by Crippen LogP contribution is -2.52. The summed E-state index contributed by atoms with van der Waals surface area (Å²) < 4.78 is 46.3. The van der Waals surface area contributed by atoms with Gasteiger partial charge in [-0.2, -0.15) is 23.4 Å². The molecule has 2 amide bonds. The lowest BCUT2D eigenvalue weighted by Gasteiger charge is -2.38. The molecule has 1 unspecified atom stereocenters.